The molecule has 0 saturated carbocycles. The van der Waals surface area contributed by atoms with E-state index in [4.69, 9.17) is 19.3 Å². The van der Waals surface area contributed by atoms with Gasteiger partial charge in [0.1, 0.15) is 0 Å². The lowest BCUT2D eigenvalue weighted by atomic mass is 9.79. The predicted molar refractivity (Wildman–Crippen MR) is 192 cm³/mol. The molecule has 8 rings (SSSR count). The highest BCUT2D eigenvalue weighted by molar-refractivity contribution is 7.26. The molecule has 0 bridgehead atoms. The summed E-state index contributed by atoms with van der Waals surface area (Å²) in [4.78, 5) is 10.7. The highest BCUT2D eigenvalue weighted by Gasteiger charge is 2.51. The molecule has 1 saturated heterocycles. The average molecular weight is 617 g/mol. The second-order valence-electron chi connectivity index (χ2n) is 12.8. The quantitative estimate of drug-likeness (QED) is 0.181. The molecule has 7 aromatic rings. The van der Waals surface area contributed by atoms with Gasteiger partial charge in [-0.2, -0.15) is 0 Å². The van der Waals surface area contributed by atoms with Crippen molar-refractivity contribution in [2.75, 3.05) is 0 Å². The lowest BCUT2D eigenvalue weighted by molar-refractivity contribution is 0.00578. The van der Waals surface area contributed by atoms with Gasteiger partial charge in [-0.15, -0.1) is 11.3 Å². The van der Waals surface area contributed by atoms with Crippen molar-refractivity contribution < 1.29 is 9.31 Å². The van der Waals surface area contributed by atoms with E-state index in [9.17, 15) is 0 Å². The van der Waals surface area contributed by atoms with Crippen LogP contribution in [0.3, 0.4) is 0 Å². The summed E-state index contributed by atoms with van der Waals surface area (Å²) >= 11 is 1.82. The molecule has 3 heterocycles. The molecule has 0 unspecified atom stereocenters. The summed E-state index contributed by atoms with van der Waals surface area (Å²) in [5.74, 6) is 0.673. The summed E-state index contributed by atoms with van der Waals surface area (Å²) in [6, 6.07) is 44.4. The van der Waals surface area contributed by atoms with E-state index in [-0.39, 0.29) is 0 Å². The molecular weight excluding hydrogens is 583 g/mol. The maximum absolute atomic E-state index is 6.33. The van der Waals surface area contributed by atoms with Crippen LogP contribution >= 0.6 is 11.3 Å². The molecule has 0 N–H and O–H groups in total. The average Bonchev–Trinajstić information content (AvgIpc) is 3.57. The maximum atomic E-state index is 6.33. The fourth-order valence-electron chi connectivity index (χ4n) is 6.17. The normalized spacial score (nSPS) is 15.5. The fraction of sp³-hybridized carbons (Fsp3) is 0.150. The van der Waals surface area contributed by atoms with Gasteiger partial charge < -0.3 is 9.31 Å². The SMILES string of the molecule is CC1(C)OB(c2ccc(-c3nc(-c4ccccc4)c(-c4ccccc4)c(-c4cccc5c4sc4ccccc45)n3)cc2)OC1(C)C. The van der Waals surface area contributed by atoms with Gasteiger partial charge in [0.05, 0.1) is 22.6 Å². The molecule has 0 spiro atoms. The molecule has 0 radical (unpaired) electrons. The standard InChI is InChI=1S/C40H33BN2O2S/c1-39(2)40(3,4)45-41(44-39)29-24-22-28(23-25-29)38-42-35(27-16-9-6-10-17-27)34(26-14-7-5-8-15-26)36(43-38)32-20-13-19-31-30-18-11-12-21-33(30)46-37(31)32/h5-25H,1-4H3. The minimum Gasteiger partial charge on any atom is -0.399 e. The van der Waals surface area contributed by atoms with Crippen molar-refractivity contribution in [1.29, 1.82) is 0 Å². The first-order valence-electron chi connectivity index (χ1n) is 15.7. The Morgan fingerprint density at radius 2 is 1.13 bits per heavy atom. The first-order chi connectivity index (χ1) is 22.3. The van der Waals surface area contributed by atoms with E-state index in [1.807, 2.05) is 17.4 Å². The number of fused-ring (bicyclic) bond motifs is 3. The van der Waals surface area contributed by atoms with Crippen molar-refractivity contribution in [2.24, 2.45) is 0 Å². The lowest BCUT2D eigenvalue weighted by Gasteiger charge is -2.32. The summed E-state index contributed by atoms with van der Waals surface area (Å²) in [6.45, 7) is 8.31. The number of benzene rings is 5. The van der Waals surface area contributed by atoms with E-state index in [0.717, 1.165) is 44.7 Å². The van der Waals surface area contributed by atoms with Crippen LogP contribution < -0.4 is 5.46 Å². The van der Waals surface area contributed by atoms with Crippen molar-refractivity contribution in [2.45, 2.75) is 38.9 Å². The predicted octanol–water partition coefficient (Wildman–Crippen LogP) is 9.81. The van der Waals surface area contributed by atoms with Crippen LogP contribution in [-0.2, 0) is 9.31 Å². The van der Waals surface area contributed by atoms with Crippen molar-refractivity contribution in [3.05, 3.63) is 127 Å². The third-order valence-corrected chi connectivity index (χ3v) is 10.6. The van der Waals surface area contributed by atoms with E-state index in [1.54, 1.807) is 0 Å². The van der Waals surface area contributed by atoms with Crippen LogP contribution in [0.2, 0.25) is 0 Å². The molecule has 2 aromatic heterocycles. The van der Waals surface area contributed by atoms with Crippen LogP contribution in [0.25, 0.3) is 65.2 Å². The Bertz CT molecular complexity index is 2190. The number of thiophene rings is 1. The molecule has 1 fully saturated rings. The fourth-order valence-corrected chi connectivity index (χ4v) is 7.39. The van der Waals surface area contributed by atoms with Crippen LogP contribution in [-0.4, -0.2) is 28.3 Å². The molecule has 1 aliphatic rings. The van der Waals surface area contributed by atoms with Crippen LogP contribution in [0.4, 0.5) is 0 Å². The molecule has 4 nitrogen and oxygen atoms in total. The smallest absolute Gasteiger partial charge is 0.399 e. The molecular formula is C40H33BN2O2S. The molecule has 5 aromatic carbocycles. The van der Waals surface area contributed by atoms with Crippen LogP contribution in [0, 0.1) is 0 Å². The Hall–Kier alpha value is -4.62. The first kappa shape index (κ1) is 28.8. The third-order valence-electron chi connectivity index (χ3n) is 9.37. The second-order valence-corrected chi connectivity index (χ2v) is 13.9. The molecule has 6 heteroatoms. The van der Waals surface area contributed by atoms with Gasteiger partial charge >= 0.3 is 7.12 Å². The van der Waals surface area contributed by atoms with E-state index < -0.39 is 18.3 Å². The zero-order valence-corrected chi connectivity index (χ0v) is 27.1. The number of aromatic nitrogens is 2. The van der Waals surface area contributed by atoms with Crippen molar-refractivity contribution in [1.82, 2.24) is 9.97 Å². The van der Waals surface area contributed by atoms with Gasteiger partial charge in [0.25, 0.3) is 0 Å². The van der Waals surface area contributed by atoms with E-state index in [1.165, 1.54) is 20.2 Å². The van der Waals surface area contributed by atoms with Crippen LogP contribution in [0.1, 0.15) is 27.7 Å². The zero-order valence-electron chi connectivity index (χ0n) is 26.3. The molecule has 1 aliphatic heterocycles. The number of hydrogen-bond acceptors (Lipinski definition) is 5. The molecule has 0 aliphatic carbocycles. The summed E-state index contributed by atoms with van der Waals surface area (Å²) in [7, 11) is -0.429. The van der Waals surface area contributed by atoms with Crippen LogP contribution in [0.15, 0.2) is 127 Å². The van der Waals surface area contributed by atoms with Gasteiger partial charge in [0.15, 0.2) is 5.82 Å². The molecule has 0 atom stereocenters. The third kappa shape index (κ3) is 4.85. The minimum atomic E-state index is -0.429. The van der Waals surface area contributed by atoms with Crippen molar-refractivity contribution in [3.63, 3.8) is 0 Å². The van der Waals surface area contributed by atoms with Gasteiger partial charge in [0, 0.05) is 42.4 Å². The van der Waals surface area contributed by atoms with E-state index in [0.29, 0.717) is 5.82 Å². The monoisotopic (exact) mass is 616 g/mol. The molecule has 0 amide bonds. The number of rotatable bonds is 5. The Morgan fingerprint density at radius 3 is 1.83 bits per heavy atom. The largest absolute Gasteiger partial charge is 0.494 e. The Morgan fingerprint density at radius 1 is 0.543 bits per heavy atom. The first-order valence-corrected chi connectivity index (χ1v) is 16.5. The number of hydrogen-bond donors (Lipinski definition) is 0. The van der Waals surface area contributed by atoms with Crippen molar-refractivity contribution in [3.8, 4) is 45.0 Å². The molecule has 46 heavy (non-hydrogen) atoms. The highest BCUT2D eigenvalue weighted by Crippen LogP contribution is 2.45. The Balaban J connectivity index is 1.36. The number of nitrogens with zero attached hydrogens (tertiary/aromatic N) is 2. The van der Waals surface area contributed by atoms with E-state index >= 15 is 0 Å². The summed E-state index contributed by atoms with van der Waals surface area (Å²) in [5, 5.41) is 2.51. The van der Waals surface area contributed by atoms with Crippen LogP contribution in [0.5, 0.6) is 0 Å². The molecule has 224 valence electrons. The zero-order chi connectivity index (χ0) is 31.5. The lowest BCUT2D eigenvalue weighted by Crippen LogP contribution is -2.41. The van der Waals surface area contributed by atoms with Gasteiger partial charge in [-0.05, 0) is 44.8 Å². The van der Waals surface area contributed by atoms with E-state index in [2.05, 4.69) is 149 Å². The topological polar surface area (TPSA) is 44.2 Å². The van der Waals surface area contributed by atoms with Gasteiger partial charge in [0.2, 0.25) is 0 Å². The summed E-state index contributed by atoms with van der Waals surface area (Å²) in [5.41, 5.74) is 7.17. The summed E-state index contributed by atoms with van der Waals surface area (Å²) < 4.78 is 15.1. The highest BCUT2D eigenvalue weighted by atomic mass is 32.1. The minimum absolute atomic E-state index is 0.403. The Labute approximate surface area is 273 Å². The van der Waals surface area contributed by atoms with Gasteiger partial charge in [-0.1, -0.05) is 121 Å². The second kappa shape index (κ2) is 11.0. The summed E-state index contributed by atoms with van der Waals surface area (Å²) in [6.07, 6.45) is 0. The van der Waals surface area contributed by atoms with Gasteiger partial charge in [-0.25, -0.2) is 9.97 Å². The van der Waals surface area contributed by atoms with Crippen molar-refractivity contribution >= 4 is 44.1 Å². The maximum Gasteiger partial charge on any atom is 0.494 e. The Kier molecular flexibility index (Phi) is 6.91. The van der Waals surface area contributed by atoms with Gasteiger partial charge in [-0.3, -0.25) is 0 Å².